The highest BCUT2D eigenvalue weighted by Gasteiger charge is 2.30. The van der Waals surface area contributed by atoms with Crippen LogP contribution in [0.2, 0.25) is 0 Å². The molecule has 0 aromatic carbocycles. The van der Waals surface area contributed by atoms with Crippen molar-refractivity contribution < 1.29 is 19.1 Å². The van der Waals surface area contributed by atoms with Crippen LogP contribution < -0.4 is 5.32 Å². The summed E-state index contributed by atoms with van der Waals surface area (Å²) < 4.78 is 13.0. The van der Waals surface area contributed by atoms with Crippen molar-refractivity contribution in [3.8, 4) is 0 Å². The molecule has 6 heteroatoms. The van der Waals surface area contributed by atoms with Gasteiger partial charge in [0.1, 0.15) is 5.82 Å². The van der Waals surface area contributed by atoms with Gasteiger partial charge in [-0.15, -0.1) is 0 Å². The van der Waals surface area contributed by atoms with Gasteiger partial charge in [-0.25, -0.2) is 4.39 Å². The summed E-state index contributed by atoms with van der Waals surface area (Å²) in [6, 6.07) is 1.11. The Bertz CT molecular complexity index is 507. The molecule has 2 N–H and O–H groups in total. The molecule has 1 aromatic rings. The van der Waals surface area contributed by atoms with E-state index in [-0.39, 0.29) is 11.5 Å². The summed E-state index contributed by atoms with van der Waals surface area (Å²) in [5.41, 5.74) is 0.146. The molecular weight excluding hydrogens is 263 g/mol. The van der Waals surface area contributed by atoms with Gasteiger partial charge in [-0.3, -0.25) is 14.6 Å². The summed E-state index contributed by atoms with van der Waals surface area (Å²) in [5.74, 6) is -2.27. The summed E-state index contributed by atoms with van der Waals surface area (Å²) in [6.45, 7) is 0.298. The van der Waals surface area contributed by atoms with Gasteiger partial charge in [0.2, 0.25) is 0 Å². The quantitative estimate of drug-likeness (QED) is 0.882. The molecule has 20 heavy (non-hydrogen) atoms. The molecule has 1 aliphatic rings. The minimum absolute atomic E-state index is 0.0632. The average molecular weight is 280 g/mol. The minimum Gasteiger partial charge on any atom is -0.481 e. The Morgan fingerprint density at radius 3 is 2.80 bits per heavy atom. The van der Waals surface area contributed by atoms with Crippen LogP contribution in [-0.4, -0.2) is 28.5 Å². The van der Waals surface area contributed by atoms with E-state index >= 15 is 0 Å². The second kappa shape index (κ2) is 6.45. The maximum absolute atomic E-state index is 13.0. The Morgan fingerprint density at radius 1 is 1.35 bits per heavy atom. The SMILES string of the molecule is O=C(NCC1CCCCC1C(=O)O)c1cncc(F)c1. The first-order chi connectivity index (χ1) is 9.58. The van der Waals surface area contributed by atoms with Crippen molar-refractivity contribution in [1.82, 2.24) is 10.3 Å². The van der Waals surface area contributed by atoms with Crippen LogP contribution in [0.5, 0.6) is 0 Å². The molecule has 108 valence electrons. The van der Waals surface area contributed by atoms with Crippen molar-refractivity contribution in [1.29, 1.82) is 0 Å². The lowest BCUT2D eigenvalue weighted by molar-refractivity contribution is -0.144. The van der Waals surface area contributed by atoms with Gasteiger partial charge in [-0.05, 0) is 24.8 Å². The highest BCUT2D eigenvalue weighted by molar-refractivity contribution is 5.93. The molecule has 1 fully saturated rings. The summed E-state index contributed by atoms with van der Waals surface area (Å²) in [6.07, 6.45) is 5.64. The summed E-state index contributed by atoms with van der Waals surface area (Å²) in [4.78, 5) is 26.6. The van der Waals surface area contributed by atoms with E-state index in [9.17, 15) is 14.0 Å². The molecular formula is C14H17FN2O3. The number of rotatable bonds is 4. The van der Waals surface area contributed by atoms with Crippen LogP contribution in [0.25, 0.3) is 0 Å². The number of nitrogens with zero attached hydrogens (tertiary/aromatic N) is 1. The van der Waals surface area contributed by atoms with Crippen molar-refractivity contribution >= 4 is 11.9 Å². The first-order valence-corrected chi connectivity index (χ1v) is 6.69. The highest BCUT2D eigenvalue weighted by Crippen LogP contribution is 2.29. The average Bonchev–Trinajstić information content (AvgIpc) is 2.45. The molecule has 2 unspecified atom stereocenters. The molecule has 0 aliphatic heterocycles. The molecule has 0 radical (unpaired) electrons. The van der Waals surface area contributed by atoms with Gasteiger partial charge < -0.3 is 10.4 Å². The van der Waals surface area contributed by atoms with Crippen molar-refractivity contribution in [3.05, 3.63) is 29.8 Å². The topological polar surface area (TPSA) is 79.3 Å². The highest BCUT2D eigenvalue weighted by atomic mass is 19.1. The third kappa shape index (κ3) is 3.53. The molecule has 1 saturated carbocycles. The molecule has 1 amide bonds. The maximum atomic E-state index is 13.0. The smallest absolute Gasteiger partial charge is 0.306 e. The zero-order valence-corrected chi connectivity index (χ0v) is 11.0. The van der Waals surface area contributed by atoms with Crippen LogP contribution in [0.15, 0.2) is 18.5 Å². The van der Waals surface area contributed by atoms with E-state index < -0.39 is 23.6 Å². The van der Waals surface area contributed by atoms with Gasteiger partial charge in [-0.2, -0.15) is 0 Å². The Hall–Kier alpha value is -1.98. The number of pyridine rings is 1. The first-order valence-electron chi connectivity index (χ1n) is 6.69. The standard InChI is InChI=1S/C14H17FN2O3/c15-11-5-10(6-16-8-11)13(18)17-7-9-3-1-2-4-12(9)14(19)20/h5-6,8-9,12H,1-4,7H2,(H,17,18)(H,19,20). The number of aliphatic carboxylic acids is 1. The van der Waals surface area contributed by atoms with Crippen LogP contribution in [0.1, 0.15) is 36.0 Å². The van der Waals surface area contributed by atoms with Crippen molar-refractivity contribution in [2.75, 3.05) is 6.54 Å². The molecule has 2 rings (SSSR count). The molecule has 1 heterocycles. The summed E-state index contributed by atoms with van der Waals surface area (Å²) in [5, 5.41) is 11.8. The molecule has 0 bridgehead atoms. The number of hydrogen-bond acceptors (Lipinski definition) is 3. The first kappa shape index (κ1) is 14.4. The van der Waals surface area contributed by atoms with Gasteiger partial charge in [0.25, 0.3) is 5.91 Å². The predicted octanol–water partition coefficient (Wildman–Crippen LogP) is 1.84. The van der Waals surface area contributed by atoms with Crippen LogP contribution in [-0.2, 0) is 4.79 Å². The van der Waals surface area contributed by atoms with Crippen molar-refractivity contribution in [2.45, 2.75) is 25.7 Å². The number of carboxylic acids is 1. The second-order valence-electron chi connectivity index (χ2n) is 5.09. The lowest BCUT2D eigenvalue weighted by Gasteiger charge is -2.28. The zero-order valence-electron chi connectivity index (χ0n) is 11.0. The van der Waals surface area contributed by atoms with Gasteiger partial charge in [0, 0.05) is 12.7 Å². The number of aromatic nitrogens is 1. The Labute approximate surface area is 116 Å². The summed E-state index contributed by atoms with van der Waals surface area (Å²) >= 11 is 0. The second-order valence-corrected chi connectivity index (χ2v) is 5.09. The van der Waals surface area contributed by atoms with E-state index in [2.05, 4.69) is 10.3 Å². The zero-order chi connectivity index (χ0) is 14.5. The molecule has 2 atom stereocenters. The molecule has 0 saturated heterocycles. The van der Waals surface area contributed by atoms with Crippen LogP contribution in [0.3, 0.4) is 0 Å². The number of carbonyl (C=O) groups excluding carboxylic acids is 1. The largest absolute Gasteiger partial charge is 0.481 e. The number of halogens is 1. The number of carbonyl (C=O) groups is 2. The van der Waals surface area contributed by atoms with E-state index in [1.807, 2.05) is 0 Å². The van der Waals surface area contributed by atoms with Crippen LogP contribution >= 0.6 is 0 Å². The normalized spacial score (nSPS) is 22.2. The Kier molecular flexibility index (Phi) is 4.65. The fourth-order valence-corrected chi connectivity index (χ4v) is 2.64. The van der Waals surface area contributed by atoms with Crippen LogP contribution in [0, 0.1) is 17.7 Å². The van der Waals surface area contributed by atoms with E-state index in [1.165, 1.54) is 6.20 Å². The molecule has 1 aliphatic carbocycles. The number of nitrogens with one attached hydrogen (secondary N) is 1. The van der Waals surface area contributed by atoms with Gasteiger partial charge in [0.05, 0.1) is 17.7 Å². The van der Waals surface area contributed by atoms with E-state index in [0.29, 0.717) is 13.0 Å². The third-order valence-electron chi connectivity index (χ3n) is 3.72. The minimum atomic E-state index is -0.809. The number of hydrogen-bond donors (Lipinski definition) is 2. The van der Waals surface area contributed by atoms with Gasteiger partial charge in [-0.1, -0.05) is 12.8 Å². The van der Waals surface area contributed by atoms with E-state index in [0.717, 1.165) is 31.5 Å². The van der Waals surface area contributed by atoms with Crippen molar-refractivity contribution in [3.63, 3.8) is 0 Å². The predicted molar refractivity (Wildman–Crippen MR) is 69.6 cm³/mol. The fourth-order valence-electron chi connectivity index (χ4n) is 2.64. The lowest BCUT2D eigenvalue weighted by Crippen LogP contribution is -2.37. The monoisotopic (exact) mass is 280 g/mol. The molecule has 0 spiro atoms. The summed E-state index contributed by atoms with van der Waals surface area (Å²) in [7, 11) is 0. The Balaban J connectivity index is 1.93. The van der Waals surface area contributed by atoms with E-state index in [4.69, 9.17) is 5.11 Å². The lowest BCUT2D eigenvalue weighted by atomic mass is 9.79. The number of amides is 1. The van der Waals surface area contributed by atoms with Gasteiger partial charge >= 0.3 is 5.97 Å². The molecule has 5 nitrogen and oxygen atoms in total. The van der Waals surface area contributed by atoms with Gasteiger partial charge in [0.15, 0.2) is 0 Å². The van der Waals surface area contributed by atoms with Crippen molar-refractivity contribution in [2.24, 2.45) is 11.8 Å². The fraction of sp³-hybridized carbons (Fsp3) is 0.500. The molecule has 1 aromatic heterocycles. The van der Waals surface area contributed by atoms with E-state index in [1.54, 1.807) is 0 Å². The Morgan fingerprint density at radius 2 is 2.10 bits per heavy atom. The third-order valence-corrected chi connectivity index (χ3v) is 3.72. The van der Waals surface area contributed by atoms with Crippen LogP contribution in [0.4, 0.5) is 4.39 Å². The maximum Gasteiger partial charge on any atom is 0.306 e. The number of carboxylic acid groups (broad SMARTS) is 1.